The SMILES string of the molecule is CCNS(=O)(=O)c1ccc(C)c(C(=O)Nc2ccc(N3CCCC3)c(F)c2)c1. The van der Waals surface area contributed by atoms with Gasteiger partial charge in [-0.05, 0) is 55.7 Å². The molecule has 0 radical (unpaired) electrons. The fraction of sp³-hybridized carbons (Fsp3) is 0.350. The molecule has 8 heteroatoms. The molecule has 0 saturated carbocycles. The van der Waals surface area contributed by atoms with Crippen molar-refractivity contribution in [2.24, 2.45) is 0 Å². The van der Waals surface area contributed by atoms with Gasteiger partial charge in [0, 0.05) is 30.9 Å². The highest BCUT2D eigenvalue weighted by Crippen LogP contribution is 2.26. The molecular formula is C20H24FN3O3S. The van der Waals surface area contributed by atoms with Gasteiger partial charge >= 0.3 is 0 Å². The Morgan fingerprint density at radius 1 is 1.14 bits per heavy atom. The van der Waals surface area contributed by atoms with Gasteiger partial charge in [-0.3, -0.25) is 4.79 Å². The van der Waals surface area contributed by atoms with Crippen LogP contribution in [0.5, 0.6) is 0 Å². The molecule has 28 heavy (non-hydrogen) atoms. The maximum atomic E-state index is 14.5. The van der Waals surface area contributed by atoms with Crippen molar-refractivity contribution in [2.75, 3.05) is 29.9 Å². The summed E-state index contributed by atoms with van der Waals surface area (Å²) in [7, 11) is -3.67. The van der Waals surface area contributed by atoms with Crippen LogP contribution in [0.3, 0.4) is 0 Å². The van der Waals surface area contributed by atoms with Crippen LogP contribution >= 0.6 is 0 Å². The lowest BCUT2D eigenvalue weighted by atomic mass is 10.1. The summed E-state index contributed by atoms with van der Waals surface area (Å²) in [4.78, 5) is 14.7. The van der Waals surface area contributed by atoms with Gasteiger partial charge in [-0.15, -0.1) is 0 Å². The van der Waals surface area contributed by atoms with Crippen LogP contribution in [0.15, 0.2) is 41.3 Å². The number of hydrogen-bond donors (Lipinski definition) is 2. The molecule has 0 bridgehead atoms. The van der Waals surface area contributed by atoms with Crippen molar-refractivity contribution < 1.29 is 17.6 Å². The third-order valence-electron chi connectivity index (χ3n) is 4.75. The Kier molecular flexibility index (Phi) is 6.00. The van der Waals surface area contributed by atoms with E-state index in [9.17, 15) is 17.6 Å². The van der Waals surface area contributed by atoms with Gasteiger partial charge in [0.05, 0.1) is 10.6 Å². The molecular weight excluding hydrogens is 381 g/mol. The number of carbonyl (C=O) groups excluding carboxylic acids is 1. The van der Waals surface area contributed by atoms with Crippen LogP contribution in [0.4, 0.5) is 15.8 Å². The summed E-state index contributed by atoms with van der Waals surface area (Å²) >= 11 is 0. The number of halogens is 1. The lowest BCUT2D eigenvalue weighted by Gasteiger charge is -2.19. The number of carbonyl (C=O) groups is 1. The second-order valence-corrected chi connectivity index (χ2v) is 8.56. The minimum atomic E-state index is -3.67. The summed E-state index contributed by atoms with van der Waals surface area (Å²) in [6.07, 6.45) is 2.09. The third kappa shape index (κ3) is 4.34. The first kappa shape index (κ1) is 20.3. The van der Waals surface area contributed by atoms with Gasteiger partial charge in [-0.1, -0.05) is 13.0 Å². The average molecular weight is 405 g/mol. The zero-order valence-electron chi connectivity index (χ0n) is 16.0. The predicted octanol–water partition coefficient (Wildman–Crippen LogP) is 3.28. The highest BCUT2D eigenvalue weighted by molar-refractivity contribution is 7.89. The van der Waals surface area contributed by atoms with Crippen LogP contribution in [-0.2, 0) is 10.0 Å². The second kappa shape index (κ2) is 8.28. The number of aryl methyl sites for hydroxylation is 1. The van der Waals surface area contributed by atoms with Gasteiger partial charge in [0.1, 0.15) is 5.82 Å². The van der Waals surface area contributed by atoms with Crippen molar-refractivity contribution in [2.45, 2.75) is 31.6 Å². The Morgan fingerprint density at radius 3 is 2.50 bits per heavy atom. The van der Waals surface area contributed by atoms with Crippen LogP contribution in [-0.4, -0.2) is 34.0 Å². The van der Waals surface area contributed by atoms with Crippen LogP contribution in [0.25, 0.3) is 0 Å². The van der Waals surface area contributed by atoms with Crippen LogP contribution < -0.4 is 14.9 Å². The Bertz CT molecular complexity index is 986. The molecule has 0 atom stereocenters. The van der Waals surface area contributed by atoms with E-state index < -0.39 is 15.9 Å². The smallest absolute Gasteiger partial charge is 0.255 e. The van der Waals surface area contributed by atoms with E-state index in [1.807, 2.05) is 4.90 Å². The summed E-state index contributed by atoms with van der Waals surface area (Å²) < 4.78 is 41.2. The number of anilines is 2. The van der Waals surface area contributed by atoms with Gasteiger partial charge in [-0.2, -0.15) is 0 Å². The number of nitrogens with one attached hydrogen (secondary N) is 2. The molecule has 1 amide bonds. The molecule has 1 heterocycles. The topological polar surface area (TPSA) is 78.5 Å². The zero-order valence-corrected chi connectivity index (χ0v) is 16.8. The fourth-order valence-electron chi connectivity index (χ4n) is 3.28. The number of sulfonamides is 1. The normalized spacial score (nSPS) is 14.3. The Hall–Kier alpha value is -2.45. The van der Waals surface area contributed by atoms with E-state index in [1.54, 1.807) is 32.0 Å². The minimum absolute atomic E-state index is 0.0145. The minimum Gasteiger partial charge on any atom is -0.369 e. The first-order valence-electron chi connectivity index (χ1n) is 9.28. The molecule has 150 valence electrons. The van der Waals surface area contributed by atoms with E-state index >= 15 is 0 Å². The maximum absolute atomic E-state index is 14.5. The summed E-state index contributed by atoms with van der Waals surface area (Å²) in [5.41, 5.74) is 1.71. The van der Waals surface area contributed by atoms with Crippen LogP contribution in [0.2, 0.25) is 0 Å². The molecule has 0 unspecified atom stereocenters. The number of rotatable bonds is 6. The van der Waals surface area contributed by atoms with E-state index in [-0.39, 0.29) is 22.8 Å². The quantitative estimate of drug-likeness (QED) is 0.773. The number of hydrogen-bond acceptors (Lipinski definition) is 4. The molecule has 2 aromatic rings. The molecule has 2 N–H and O–H groups in total. The van der Waals surface area contributed by atoms with Crippen molar-refractivity contribution in [3.05, 3.63) is 53.3 Å². The van der Waals surface area contributed by atoms with Gasteiger partial charge in [0.15, 0.2) is 0 Å². The largest absolute Gasteiger partial charge is 0.369 e. The van der Waals surface area contributed by atoms with E-state index in [0.29, 0.717) is 16.9 Å². The Labute approximate surface area is 164 Å². The molecule has 6 nitrogen and oxygen atoms in total. The van der Waals surface area contributed by atoms with E-state index in [2.05, 4.69) is 10.0 Å². The molecule has 1 aliphatic heterocycles. The molecule has 3 rings (SSSR count). The average Bonchev–Trinajstić information content (AvgIpc) is 3.16. The monoisotopic (exact) mass is 405 g/mol. The van der Waals surface area contributed by atoms with E-state index in [0.717, 1.165) is 25.9 Å². The van der Waals surface area contributed by atoms with Crippen molar-refractivity contribution in [1.82, 2.24) is 4.72 Å². The Balaban J connectivity index is 1.82. The first-order chi connectivity index (χ1) is 13.3. The van der Waals surface area contributed by atoms with Gasteiger partial charge in [-0.25, -0.2) is 17.5 Å². The Morgan fingerprint density at radius 2 is 1.86 bits per heavy atom. The van der Waals surface area contributed by atoms with Crippen molar-refractivity contribution >= 4 is 27.3 Å². The molecule has 2 aromatic carbocycles. The highest BCUT2D eigenvalue weighted by atomic mass is 32.2. The van der Waals surface area contributed by atoms with Gasteiger partial charge in [0.25, 0.3) is 5.91 Å². The molecule has 1 aliphatic rings. The highest BCUT2D eigenvalue weighted by Gasteiger charge is 2.19. The maximum Gasteiger partial charge on any atom is 0.255 e. The summed E-state index contributed by atoms with van der Waals surface area (Å²) in [5.74, 6) is -0.876. The van der Waals surface area contributed by atoms with Gasteiger partial charge < -0.3 is 10.2 Å². The fourth-order valence-corrected chi connectivity index (χ4v) is 4.35. The summed E-state index contributed by atoms with van der Waals surface area (Å²) in [5, 5.41) is 2.66. The van der Waals surface area contributed by atoms with Crippen LogP contribution in [0.1, 0.15) is 35.7 Å². The zero-order chi connectivity index (χ0) is 20.3. The first-order valence-corrected chi connectivity index (χ1v) is 10.8. The number of benzene rings is 2. The molecule has 1 saturated heterocycles. The van der Waals surface area contributed by atoms with E-state index in [4.69, 9.17) is 0 Å². The lowest BCUT2D eigenvalue weighted by molar-refractivity contribution is 0.102. The van der Waals surface area contributed by atoms with Crippen LogP contribution in [0, 0.1) is 12.7 Å². The lowest BCUT2D eigenvalue weighted by Crippen LogP contribution is -2.24. The van der Waals surface area contributed by atoms with Gasteiger partial charge in [0.2, 0.25) is 10.0 Å². The molecule has 1 fully saturated rings. The second-order valence-electron chi connectivity index (χ2n) is 6.79. The molecule has 0 spiro atoms. The van der Waals surface area contributed by atoms with Crippen molar-refractivity contribution in [1.29, 1.82) is 0 Å². The summed E-state index contributed by atoms with van der Waals surface area (Å²) in [6.45, 7) is 5.31. The predicted molar refractivity (Wildman–Crippen MR) is 108 cm³/mol. The van der Waals surface area contributed by atoms with E-state index in [1.165, 1.54) is 18.2 Å². The number of nitrogens with zero attached hydrogens (tertiary/aromatic N) is 1. The third-order valence-corrected chi connectivity index (χ3v) is 6.29. The molecule has 0 aromatic heterocycles. The molecule has 0 aliphatic carbocycles. The standard InChI is InChI=1S/C20H24FN3O3S/c1-3-22-28(26,27)16-8-6-14(2)17(13-16)20(25)23-15-7-9-19(18(21)12-15)24-10-4-5-11-24/h6-9,12-13,22H,3-5,10-11H2,1-2H3,(H,23,25). The number of amides is 1. The van der Waals surface area contributed by atoms with Crippen molar-refractivity contribution in [3.8, 4) is 0 Å². The summed E-state index contributed by atoms with van der Waals surface area (Å²) in [6, 6.07) is 8.97. The van der Waals surface area contributed by atoms with Crippen molar-refractivity contribution in [3.63, 3.8) is 0 Å².